The second kappa shape index (κ2) is 5.92. The molecule has 1 saturated heterocycles. The maximum Gasteiger partial charge on any atom is 0.244 e. The Bertz CT molecular complexity index is 471. The van der Waals surface area contributed by atoms with Crippen LogP contribution in [0.2, 0.25) is 0 Å². The average molecular weight is 327 g/mol. The third kappa shape index (κ3) is 3.09. The van der Waals surface area contributed by atoms with E-state index < -0.39 is 5.54 Å². The van der Waals surface area contributed by atoms with Gasteiger partial charge in [-0.3, -0.25) is 4.79 Å². The van der Waals surface area contributed by atoms with E-state index in [-0.39, 0.29) is 11.7 Å². The van der Waals surface area contributed by atoms with Gasteiger partial charge in [0.2, 0.25) is 5.91 Å². The lowest BCUT2D eigenvalue weighted by Crippen LogP contribution is -2.50. The molecule has 4 nitrogen and oxygen atoms in total. The zero-order chi connectivity index (χ0) is 13.9. The number of carbonyl (C=O) groups excluding carboxylic acids is 1. The summed E-state index contributed by atoms with van der Waals surface area (Å²) in [4.78, 5) is 12.5. The lowest BCUT2D eigenvalue weighted by Gasteiger charge is -2.28. The Morgan fingerprint density at radius 3 is 3.00 bits per heavy atom. The van der Waals surface area contributed by atoms with Gasteiger partial charge in [0.05, 0.1) is 11.2 Å². The Labute approximate surface area is 121 Å². The van der Waals surface area contributed by atoms with Gasteiger partial charge >= 0.3 is 0 Å². The van der Waals surface area contributed by atoms with Gasteiger partial charge in [-0.2, -0.15) is 0 Å². The smallest absolute Gasteiger partial charge is 0.244 e. The van der Waals surface area contributed by atoms with Gasteiger partial charge in [0, 0.05) is 4.47 Å². The number of anilines is 1. The standard InChI is InChI=1S/C14H19BrN2O2/c1-2-6-14(7-3-8-16-14)13(19)17-11-9-10(15)4-5-12(11)18/h4-5,9,16,18H,2-3,6-8H2,1H3,(H,17,19). The summed E-state index contributed by atoms with van der Waals surface area (Å²) in [7, 11) is 0. The largest absolute Gasteiger partial charge is 0.506 e. The van der Waals surface area contributed by atoms with E-state index in [9.17, 15) is 9.90 Å². The number of phenols is 1. The van der Waals surface area contributed by atoms with Crippen LogP contribution < -0.4 is 10.6 Å². The van der Waals surface area contributed by atoms with E-state index in [1.807, 2.05) is 0 Å². The van der Waals surface area contributed by atoms with Crippen LogP contribution in [0, 0.1) is 0 Å². The van der Waals surface area contributed by atoms with Crippen molar-refractivity contribution in [3.8, 4) is 5.75 Å². The molecule has 1 amide bonds. The Morgan fingerprint density at radius 1 is 1.58 bits per heavy atom. The number of aromatic hydroxyl groups is 1. The number of hydrogen-bond acceptors (Lipinski definition) is 3. The molecule has 3 N–H and O–H groups in total. The highest BCUT2D eigenvalue weighted by Gasteiger charge is 2.40. The molecule has 0 aromatic heterocycles. The van der Waals surface area contributed by atoms with E-state index in [1.54, 1.807) is 18.2 Å². The van der Waals surface area contributed by atoms with Crippen molar-refractivity contribution in [3.05, 3.63) is 22.7 Å². The van der Waals surface area contributed by atoms with Gasteiger partial charge < -0.3 is 15.7 Å². The topological polar surface area (TPSA) is 61.4 Å². The summed E-state index contributed by atoms with van der Waals surface area (Å²) in [5.74, 6) is 0.0291. The van der Waals surface area contributed by atoms with Crippen LogP contribution in [0.3, 0.4) is 0 Å². The molecular weight excluding hydrogens is 308 g/mol. The molecule has 1 aliphatic heterocycles. The fourth-order valence-corrected chi connectivity index (χ4v) is 2.97. The number of halogens is 1. The quantitative estimate of drug-likeness (QED) is 0.745. The van der Waals surface area contributed by atoms with Gasteiger partial charge in [-0.1, -0.05) is 29.3 Å². The van der Waals surface area contributed by atoms with Gasteiger partial charge in [0.15, 0.2) is 0 Å². The van der Waals surface area contributed by atoms with E-state index in [4.69, 9.17) is 0 Å². The summed E-state index contributed by atoms with van der Waals surface area (Å²) >= 11 is 3.34. The molecule has 1 atom stereocenters. The van der Waals surface area contributed by atoms with E-state index in [1.165, 1.54) is 0 Å². The minimum absolute atomic E-state index is 0.0553. The first-order valence-corrected chi connectivity index (χ1v) is 7.42. The lowest BCUT2D eigenvalue weighted by molar-refractivity contribution is -0.122. The molecule has 1 heterocycles. The minimum atomic E-state index is -0.483. The van der Waals surface area contributed by atoms with E-state index in [2.05, 4.69) is 33.5 Å². The predicted octanol–water partition coefficient (Wildman–Crippen LogP) is 3.02. The first-order valence-electron chi connectivity index (χ1n) is 6.62. The SMILES string of the molecule is CCCC1(C(=O)Nc2cc(Br)ccc2O)CCCN1. The van der Waals surface area contributed by atoms with Crippen molar-refractivity contribution in [2.75, 3.05) is 11.9 Å². The molecule has 0 radical (unpaired) electrons. The van der Waals surface area contributed by atoms with Crippen LogP contribution in [0.1, 0.15) is 32.6 Å². The Hall–Kier alpha value is -1.07. The molecule has 1 aromatic rings. The summed E-state index contributed by atoms with van der Waals surface area (Å²) in [5.41, 5.74) is -0.0349. The van der Waals surface area contributed by atoms with Crippen LogP contribution in [-0.2, 0) is 4.79 Å². The Morgan fingerprint density at radius 2 is 2.37 bits per heavy atom. The molecule has 0 aliphatic carbocycles. The number of nitrogens with one attached hydrogen (secondary N) is 2. The maximum atomic E-state index is 12.5. The number of rotatable bonds is 4. The van der Waals surface area contributed by atoms with E-state index >= 15 is 0 Å². The lowest BCUT2D eigenvalue weighted by atomic mass is 9.90. The Kier molecular flexibility index (Phi) is 4.47. The van der Waals surface area contributed by atoms with Crippen LogP contribution >= 0.6 is 15.9 Å². The first-order chi connectivity index (χ1) is 9.07. The molecule has 0 bridgehead atoms. The second-order valence-electron chi connectivity index (χ2n) is 4.98. The average Bonchev–Trinajstić information content (AvgIpc) is 2.84. The molecule has 104 valence electrons. The predicted molar refractivity (Wildman–Crippen MR) is 79.3 cm³/mol. The van der Waals surface area contributed by atoms with Gasteiger partial charge in [-0.25, -0.2) is 0 Å². The van der Waals surface area contributed by atoms with Gasteiger partial charge in [-0.05, 0) is 44.0 Å². The molecule has 0 spiro atoms. The molecule has 19 heavy (non-hydrogen) atoms. The summed E-state index contributed by atoms with van der Waals surface area (Å²) < 4.78 is 0.824. The molecular formula is C14H19BrN2O2. The fraction of sp³-hybridized carbons (Fsp3) is 0.500. The van der Waals surface area contributed by atoms with Crippen molar-refractivity contribution < 1.29 is 9.90 Å². The Balaban J connectivity index is 2.17. The maximum absolute atomic E-state index is 12.5. The van der Waals surface area contributed by atoms with Crippen LogP contribution in [0.25, 0.3) is 0 Å². The number of phenolic OH excluding ortho intramolecular Hbond substituents is 1. The first kappa shape index (κ1) is 14.3. The van der Waals surface area contributed by atoms with Gasteiger partial charge in [0.1, 0.15) is 5.75 Å². The number of amides is 1. The van der Waals surface area contributed by atoms with Crippen molar-refractivity contribution in [1.82, 2.24) is 5.32 Å². The second-order valence-corrected chi connectivity index (χ2v) is 5.89. The highest BCUT2D eigenvalue weighted by molar-refractivity contribution is 9.10. The van der Waals surface area contributed by atoms with Gasteiger partial charge in [-0.15, -0.1) is 0 Å². The minimum Gasteiger partial charge on any atom is -0.506 e. The highest BCUT2D eigenvalue weighted by atomic mass is 79.9. The third-order valence-corrected chi connectivity index (χ3v) is 4.06. The number of benzene rings is 1. The van der Waals surface area contributed by atoms with Crippen molar-refractivity contribution in [3.63, 3.8) is 0 Å². The molecule has 5 heteroatoms. The van der Waals surface area contributed by atoms with Crippen LogP contribution in [0.15, 0.2) is 22.7 Å². The molecule has 2 rings (SSSR count). The molecule has 1 aromatic carbocycles. The number of carbonyl (C=O) groups is 1. The van der Waals surface area contributed by atoms with Crippen molar-refractivity contribution in [2.24, 2.45) is 0 Å². The van der Waals surface area contributed by atoms with Crippen LogP contribution in [-0.4, -0.2) is 23.1 Å². The normalized spacial score (nSPS) is 22.4. The zero-order valence-electron chi connectivity index (χ0n) is 11.0. The highest BCUT2D eigenvalue weighted by Crippen LogP contribution is 2.30. The molecule has 1 aliphatic rings. The molecule has 1 unspecified atom stereocenters. The molecule has 0 saturated carbocycles. The van der Waals surface area contributed by atoms with Crippen LogP contribution in [0.5, 0.6) is 5.75 Å². The van der Waals surface area contributed by atoms with Crippen molar-refractivity contribution in [2.45, 2.75) is 38.1 Å². The molecule has 1 fully saturated rings. The summed E-state index contributed by atoms with van der Waals surface area (Å²) in [6.45, 7) is 2.95. The van der Waals surface area contributed by atoms with Crippen molar-refractivity contribution >= 4 is 27.5 Å². The summed E-state index contributed by atoms with van der Waals surface area (Å²) in [6.07, 6.45) is 3.62. The number of hydrogen-bond donors (Lipinski definition) is 3. The zero-order valence-corrected chi connectivity index (χ0v) is 12.6. The van der Waals surface area contributed by atoms with E-state index in [0.29, 0.717) is 5.69 Å². The fourth-order valence-electron chi connectivity index (χ4n) is 2.60. The van der Waals surface area contributed by atoms with Crippen LogP contribution in [0.4, 0.5) is 5.69 Å². The van der Waals surface area contributed by atoms with E-state index in [0.717, 1.165) is 36.7 Å². The summed E-state index contributed by atoms with van der Waals surface area (Å²) in [5, 5.41) is 15.9. The monoisotopic (exact) mass is 326 g/mol. The van der Waals surface area contributed by atoms with Crippen molar-refractivity contribution in [1.29, 1.82) is 0 Å². The van der Waals surface area contributed by atoms with Gasteiger partial charge in [0.25, 0.3) is 0 Å². The third-order valence-electron chi connectivity index (χ3n) is 3.56. The summed E-state index contributed by atoms with van der Waals surface area (Å²) in [6, 6.07) is 5.01.